The van der Waals surface area contributed by atoms with Crippen molar-refractivity contribution in [2.24, 2.45) is 0 Å². The quantitative estimate of drug-likeness (QED) is 0.779. The Kier molecular flexibility index (Phi) is 6.05. The molecular formula is C15H28N2O3S. The minimum atomic E-state index is -3.22. The Morgan fingerprint density at radius 1 is 1.05 bits per heavy atom. The fourth-order valence-electron chi connectivity index (χ4n) is 3.50. The average Bonchev–Trinajstić information content (AvgIpc) is 2.78. The number of nitrogens with zero attached hydrogens (tertiary/aromatic N) is 2. The van der Waals surface area contributed by atoms with Gasteiger partial charge in [-0.2, -0.15) is 4.31 Å². The summed E-state index contributed by atoms with van der Waals surface area (Å²) in [6.07, 6.45) is 10.2. The summed E-state index contributed by atoms with van der Waals surface area (Å²) < 4.78 is 25.5. The predicted molar refractivity (Wildman–Crippen MR) is 83.5 cm³/mol. The van der Waals surface area contributed by atoms with Gasteiger partial charge in [0.15, 0.2) is 0 Å². The molecule has 0 aromatic rings. The Bertz CT molecular complexity index is 436. The smallest absolute Gasteiger partial charge is 0.223 e. The van der Waals surface area contributed by atoms with E-state index in [-0.39, 0.29) is 11.9 Å². The van der Waals surface area contributed by atoms with Gasteiger partial charge in [-0.3, -0.25) is 4.79 Å². The number of hydrogen-bond acceptors (Lipinski definition) is 3. The van der Waals surface area contributed by atoms with E-state index in [1.807, 2.05) is 4.90 Å². The van der Waals surface area contributed by atoms with Gasteiger partial charge in [-0.05, 0) is 25.7 Å². The van der Waals surface area contributed by atoms with Crippen LogP contribution in [-0.4, -0.2) is 55.5 Å². The molecule has 0 aromatic heterocycles. The van der Waals surface area contributed by atoms with Crippen molar-refractivity contribution < 1.29 is 13.2 Å². The molecule has 122 valence electrons. The highest BCUT2D eigenvalue weighted by atomic mass is 32.2. The van der Waals surface area contributed by atoms with Crippen molar-refractivity contribution in [3.63, 3.8) is 0 Å². The summed E-state index contributed by atoms with van der Waals surface area (Å²) in [6, 6.07) is 0.108. The number of amides is 1. The summed E-state index contributed by atoms with van der Waals surface area (Å²) in [4.78, 5) is 14.2. The monoisotopic (exact) mass is 316 g/mol. The molecule has 0 spiro atoms. The van der Waals surface area contributed by atoms with Gasteiger partial charge >= 0.3 is 0 Å². The third-order valence-corrected chi connectivity index (χ3v) is 6.00. The fourth-order valence-corrected chi connectivity index (χ4v) is 4.67. The molecule has 5 nitrogen and oxygen atoms in total. The Morgan fingerprint density at radius 3 is 2.14 bits per heavy atom. The van der Waals surface area contributed by atoms with E-state index in [0.717, 1.165) is 51.6 Å². The molecule has 1 heterocycles. The van der Waals surface area contributed by atoms with Crippen LogP contribution in [0.25, 0.3) is 0 Å². The molecule has 1 saturated carbocycles. The van der Waals surface area contributed by atoms with Gasteiger partial charge < -0.3 is 4.90 Å². The van der Waals surface area contributed by atoms with Crippen LogP contribution in [0.1, 0.15) is 57.8 Å². The van der Waals surface area contributed by atoms with Crippen molar-refractivity contribution in [2.75, 3.05) is 25.9 Å². The highest BCUT2D eigenvalue weighted by Gasteiger charge is 2.30. The van der Waals surface area contributed by atoms with E-state index < -0.39 is 10.0 Å². The SMILES string of the molecule is CS(=O)(=O)N(CCC(=O)N1CCCCCC1)C1CCCC1. The van der Waals surface area contributed by atoms with Crippen LogP contribution in [0.15, 0.2) is 0 Å². The van der Waals surface area contributed by atoms with E-state index in [1.165, 1.54) is 19.1 Å². The van der Waals surface area contributed by atoms with Crippen LogP contribution < -0.4 is 0 Å². The summed E-state index contributed by atoms with van der Waals surface area (Å²) in [5, 5.41) is 0. The van der Waals surface area contributed by atoms with Crippen molar-refractivity contribution >= 4 is 15.9 Å². The van der Waals surface area contributed by atoms with E-state index in [9.17, 15) is 13.2 Å². The van der Waals surface area contributed by atoms with Gasteiger partial charge in [-0.25, -0.2) is 8.42 Å². The van der Waals surface area contributed by atoms with E-state index >= 15 is 0 Å². The van der Waals surface area contributed by atoms with Crippen LogP contribution in [0.3, 0.4) is 0 Å². The van der Waals surface area contributed by atoms with E-state index in [4.69, 9.17) is 0 Å². The Hall–Kier alpha value is -0.620. The number of hydrogen-bond donors (Lipinski definition) is 0. The molecule has 0 atom stereocenters. The minimum Gasteiger partial charge on any atom is -0.343 e. The van der Waals surface area contributed by atoms with Gasteiger partial charge in [-0.15, -0.1) is 0 Å². The van der Waals surface area contributed by atoms with Crippen LogP contribution >= 0.6 is 0 Å². The predicted octanol–water partition coefficient (Wildman–Crippen LogP) is 1.98. The first-order valence-electron chi connectivity index (χ1n) is 8.23. The lowest BCUT2D eigenvalue weighted by molar-refractivity contribution is -0.131. The lowest BCUT2D eigenvalue weighted by atomic mass is 10.2. The molecule has 0 aromatic carbocycles. The second-order valence-corrected chi connectivity index (χ2v) is 8.29. The maximum atomic E-state index is 12.3. The Morgan fingerprint density at radius 2 is 1.62 bits per heavy atom. The molecule has 0 unspecified atom stereocenters. The van der Waals surface area contributed by atoms with E-state index in [2.05, 4.69) is 0 Å². The summed E-state index contributed by atoms with van der Waals surface area (Å²) in [5.41, 5.74) is 0. The van der Waals surface area contributed by atoms with Gasteiger partial charge in [0.05, 0.1) is 6.26 Å². The van der Waals surface area contributed by atoms with Crippen LogP contribution in [0.2, 0.25) is 0 Å². The lowest BCUT2D eigenvalue weighted by Gasteiger charge is -2.27. The summed E-state index contributed by atoms with van der Waals surface area (Å²) >= 11 is 0. The molecule has 1 amide bonds. The third-order valence-electron chi connectivity index (χ3n) is 4.66. The van der Waals surface area contributed by atoms with Crippen molar-refractivity contribution in [1.29, 1.82) is 0 Å². The number of sulfonamides is 1. The van der Waals surface area contributed by atoms with Crippen molar-refractivity contribution in [2.45, 2.75) is 63.8 Å². The van der Waals surface area contributed by atoms with Crippen LogP contribution in [0.4, 0.5) is 0 Å². The second kappa shape index (κ2) is 7.58. The largest absolute Gasteiger partial charge is 0.343 e. The highest BCUT2D eigenvalue weighted by Crippen LogP contribution is 2.25. The zero-order chi connectivity index (χ0) is 15.3. The van der Waals surface area contributed by atoms with Crippen molar-refractivity contribution in [3.05, 3.63) is 0 Å². The zero-order valence-corrected chi connectivity index (χ0v) is 13.9. The molecule has 0 bridgehead atoms. The van der Waals surface area contributed by atoms with Crippen LogP contribution in [-0.2, 0) is 14.8 Å². The molecule has 0 radical (unpaired) electrons. The first-order valence-corrected chi connectivity index (χ1v) is 10.1. The average molecular weight is 316 g/mol. The number of carbonyl (C=O) groups is 1. The van der Waals surface area contributed by atoms with Crippen LogP contribution in [0.5, 0.6) is 0 Å². The Balaban J connectivity index is 1.89. The molecule has 2 rings (SSSR count). The fraction of sp³-hybridized carbons (Fsp3) is 0.933. The number of rotatable bonds is 5. The molecule has 21 heavy (non-hydrogen) atoms. The number of likely N-dealkylation sites (tertiary alicyclic amines) is 1. The standard InChI is InChI=1S/C15H28N2O3S/c1-21(19,20)17(14-8-4-5-9-14)13-10-15(18)16-11-6-2-3-7-12-16/h14H,2-13H2,1H3. The lowest BCUT2D eigenvalue weighted by Crippen LogP contribution is -2.41. The summed E-state index contributed by atoms with van der Waals surface area (Å²) in [6.45, 7) is 2.01. The molecule has 1 aliphatic heterocycles. The molecular weight excluding hydrogens is 288 g/mol. The normalized spacial score (nSPS) is 21.7. The van der Waals surface area contributed by atoms with Crippen LogP contribution in [0, 0.1) is 0 Å². The maximum absolute atomic E-state index is 12.3. The first-order chi connectivity index (χ1) is 9.98. The Labute approximate surface area is 128 Å². The van der Waals surface area contributed by atoms with Gasteiger partial charge in [0.25, 0.3) is 0 Å². The molecule has 1 aliphatic carbocycles. The third kappa shape index (κ3) is 4.95. The first kappa shape index (κ1) is 16.7. The molecule has 2 fully saturated rings. The molecule has 1 saturated heterocycles. The summed E-state index contributed by atoms with van der Waals surface area (Å²) in [7, 11) is -3.22. The van der Waals surface area contributed by atoms with Gasteiger partial charge in [0.1, 0.15) is 0 Å². The second-order valence-electron chi connectivity index (χ2n) is 6.36. The maximum Gasteiger partial charge on any atom is 0.223 e. The molecule has 6 heteroatoms. The van der Waals surface area contributed by atoms with Gasteiger partial charge in [0.2, 0.25) is 15.9 Å². The van der Waals surface area contributed by atoms with E-state index in [1.54, 1.807) is 4.31 Å². The molecule has 0 N–H and O–H groups in total. The summed E-state index contributed by atoms with van der Waals surface area (Å²) in [5.74, 6) is 0.114. The van der Waals surface area contributed by atoms with E-state index in [0.29, 0.717) is 13.0 Å². The molecule has 2 aliphatic rings. The zero-order valence-electron chi connectivity index (χ0n) is 13.1. The topological polar surface area (TPSA) is 57.7 Å². The number of carbonyl (C=O) groups excluding carboxylic acids is 1. The minimum absolute atomic E-state index is 0.108. The highest BCUT2D eigenvalue weighted by molar-refractivity contribution is 7.88. The van der Waals surface area contributed by atoms with Crippen molar-refractivity contribution in [3.8, 4) is 0 Å². The van der Waals surface area contributed by atoms with Crippen molar-refractivity contribution in [1.82, 2.24) is 9.21 Å². The van der Waals surface area contributed by atoms with Gasteiger partial charge in [-0.1, -0.05) is 25.7 Å². The van der Waals surface area contributed by atoms with Gasteiger partial charge in [0, 0.05) is 32.1 Å².